The van der Waals surface area contributed by atoms with Crippen LogP contribution in [0.4, 0.5) is 0 Å². The third kappa shape index (κ3) is 3.00. The van der Waals surface area contributed by atoms with Gasteiger partial charge in [-0.15, -0.1) is 11.3 Å². The van der Waals surface area contributed by atoms with Crippen LogP contribution in [0.15, 0.2) is 5.38 Å². The molecular weight excluding hydrogens is 206 g/mol. The van der Waals surface area contributed by atoms with Gasteiger partial charge in [-0.05, 0) is 25.8 Å². The van der Waals surface area contributed by atoms with E-state index < -0.39 is 0 Å². The average Bonchev–Trinajstić information content (AvgIpc) is 2.77. The maximum atomic E-state index is 4.43. The van der Waals surface area contributed by atoms with Crippen LogP contribution in [-0.4, -0.2) is 24.1 Å². The number of aryl methyl sites for hydroxylation is 1. The fourth-order valence-corrected chi connectivity index (χ4v) is 2.63. The van der Waals surface area contributed by atoms with Crippen molar-refractivity contribution in [1.29, 1.82) is 0 Å². The number of nitrogens with zero attached hydrogens (tertiary/aromatic N) is 1. The Morgan fingerprint density at radius 1 is 1.67 bits per heavy atom. The normalized spacial score (nSPS) is 26.0. The lowest BCUT2D eigenvalue weighted by molar-refractivity contribution is 0.447. The van der Waals surface area contributed by atoms with Gasteiger partial charge in [-0.2, -0.15) is 0 Å². The summed E-state index contributed by atoms with van der Waals surface area (Å²) in [5.74, 6) is 0.801. The fraction of sp³-hybridized carbons (Fsp3) is 0.727. The van der Waals surface area contributed by atoms with Crippen LogP contribution in [0.2, 0.25) is 0 Å². The van der Waals surface area contributed by atoms with E-state index in [4.69, 9.17) is 0 Å². The van der Waals surface area contributed by atoms with Crippen LogP contribution in [0.3, 0.4) is 0 Å². The SMILES string of the molecule is Cc1nc(CNCC2NCCC2C)cs1. The molecule has 0 amide bonds. The smallest absolute Gasteiger partial charge is 0.0897 e. The van der Waals surface area contributed by atoms with Crippen LogP contribution in [0, 0.1) is 12.8 Å². The summed E-state index contributed by atoms with van der Waals surface area (Å²) in [6.45, 7) is 7.49. The Morgan fingerprint density at radius 3 is 3.13 bits per heavy atom. The Labute approximate surface area is 95.3 Å². The highest BCUT2D eigenvalue weighted by Gasteiger charge is 2.21. The number of aromatic nitrogens is 1. The molecule has 1 aromatic heterocycles. The standard InChI is InChI=1S/C11H19N3S/c1-8-3-4-13-11(8)6-12-5-10-7-15-9(2)14-10/h7-8,11-13H,3-6H2,1-2H3. The van der Waals surface area contributed by atoms with Gasteiger partial charge in [0.2, 0.25) is 0 Å². The minimum Gasteiger partial charge on any atom is -0.312 e. The van der Waals surface area contributed by atoms with Crippen molar-refractivity contribution >= 4 is 11.3 Å². The van der Waals surface area contributed by atoms with E-state index in [2.05, 4.69) is 34.8 Å². The maximum absolute atomic E-state index is 4.43. The first kappa shape index (κ1) is 11.0. The zero-order valence-corrected chi connectivity index (χ0v) is 10.2. The second-order valence-electron chi connectivity index (χ2n) is 4.32. The molecule has 2 heterocycles. The van der Waals surface area contributed by atoms with E-state index in [9.17, 15) is 0 Å². The van der Waals surface area contributed by atoms with Gasteiger partial charge in [0.25, 0.3) is 0 Å². The molecular formula is C11H19N3S. The van der Waals surface area contributed by atoms with Crippen molar-refractivity contribution in [3.05, 3.63) is 16.1 Å². The van der Waals surface area contributed by atoms with Crippen LogP contribution in [0.1, 0.15) is 24.0 Å². The number of nitrogens with one attached hydrogen (secondary N) is 2. The third-order valence-electron chi connectivity index (χ3n) is 3.03. The number of hydrogen-bond donors (Lipinski definition) is 2. The van der Waals surface area contributed by atoms with Crippen LogP contribution in [0.25, 0.3) is 0 Å². The van der Waals surface area contributed by atoms with Gasteiger partial charge in [-0.3, -0.25) is 0 Å². The quantitative estimate of drug-likeness (QED) is 0.816. The molecule has 0 aliphatic carbocycles. The summed E-state index contributed by atoms with van der Waals surface area (Å²) in [7, 11) is 0. The van der Waals surface area contributed by atoms with E-state index in [0.717, 1.165) is 24.0 Å². The molecule has 2 N–H and O–H groups in total. The van der Waals surface area contributed by atoms with Crippen molar-refractivity contribution in [3.8, 4) is 0 Å². The fourth-order valence-electron chi connectivity index (χ4n) is 2.02. The summed E-state index contributed by atoms with van der Waals surface area (Å²) in [6.07, 6.45) is 1.31. The summed E-state index contributed by atoms with van der Waals surface area (Å²) >= 11 is 1.72. The first-order valence-corrected chi connectivity index (χ1v) is 6.49. The third-order valence-corrected chi connectivity index (χ3v) is 3.85. The predicted octanol–water partition coefficient (Wildman–Crippen LogP) is 1.54. The van der Waals surface area contributed by atoms with Crippen LogP contribution < -0.4 is 10.6 Å². The highest BCUT2D eigenvalue weighted by Crippen LogP contribution is 2.13. The van der Waals surface area contributed by atoms with Crippen molar-refractivity contribution < 1.29 is 0 Å². The monoisotopic (exact) mass is 225 g/mol. The lowest BCUT2D eigenvalue weighted by Gasteiger charge is -2.15. The van der Waals surface area contributed by atoms with Gasteiger partial charge in [0.1, 0.15) is 0 Å². The molecule has 0 bridgehead atoms. The van der Waals surface area contributed by atoms with Crippen molar-refractivity contribution in [2.24, 2.45) is 5.92 Å². The molecule has 0 saturated carbocycles. The van der Waals surface area contributed by atoms with E-state index in [1.165, 1.54) is 18.7 Å². The lowest BCUT2D eigenvalue weighted by atomic mass is 10.0. The average molecular weight is 225 g/mol. The first-order valence-electron chi connectivity index (χ1n) is 5.61. The van der Waals surface area contributed by atoms with Crippen LogP contribution >= 0.6 is 11.3 Å². The Hall–Kier alpha value is -0.450. The molecule has 2 unspecified atom stereocenters. The highest BCUT2D eigenvalue weighted by molar-refractivity contribution is 7.09. The van der Waals surface area contributed by atoms with Crippen molar-refractivity contribution in [2.45, 2.75) is 32.9 Å². The summed E-state index contributed by atoms with van der Waals surface area (Å²) in [5.41, 5.74) is 1.17. The predicted molar refractivity (Wildman–Crippen MR) is 64.1 cm³/mol. The molecule has 1 fully saturated rings. The Balaban J connectivity index is 1.70. The molecule has 4 heteroatoms. The van der Waals surface area contributed by atoms with E-state index in [1.54, 1.807) is 11.3 Å². The topological polar surface area (TPSA) is 37.0 Å². The molecule has 3 nitrogen and oxygen atoms in total. The molecule has 1 aliphatic heterocycles. The molecule has 0 spiro atoms. The zero-order valence-electron chi connectivity index (χ0n) is 9.42. The first-order chi connectivity index (χ1) is 7.25. The van der Waals surface area contributed by atoms with Crippen molar-refractivity contribution in [2.75, 3.05) is 13.1 Å². The molecule has 1 saturated heterocycles. The van der Waals surface area contributed by atoms with Gasteiger partial charge in [-0.25, -0.2) is 4.98 Å². The van der Waals surface area contributed by atoms with E-state index in [0.29, 0.717) is 6.04 Å². The largest absolute Gasteiger partial charge is 0.312 e. The van der Waals surface area contributed by atoms with Gasteiger partial charge in [0, 0.05) is 24.5 Å². The Kier molecular flexibility index (Phi) is 3.72. The van der Waals surface area contributed by atoms with Crippen molar-refractivity contribution in [1.82, 2.24) is 15.6 Å². The summed E-state index contributed by atoms with van der Waals surface area (Å²) < 4.78 is 0. The number of thiazole rings is 1. The maximum Gasteiger partial charge on any atom is 0.0897 e. The van der Waals surface area contributed by atoms with E-state index in [1.807, 2.05) is 0 Å². The van der Waals surface area contributed by atoms with Crippen LogP contribution in [0.5, 0.6) is 0 Å². The molecule has 1 aliphatic rings. The molecule has 1 aromatic rings. The number of hydrogen-bond acceptors (Lipinski definition) is 4. The van der Waals surface area contributed by atoms with Crippen LogP contribution in [-0.2, 0) is 6.54 Å². The van der Waals surface area contributed by atoms with Gasteiger partial charge < -0.3 is 10.6 Å². The molecule has 84 valence electrons. The van der Waals surface area contributed by atoms with Gasteiger partial charge in [0.05, 0.1) is 10.7 Å². The lowest BCUT2D eigenvalue weighted by Crippen LogP contribution is -2.36. The summed E-state index contributed by atoms with van der Waals surface area (Å²) in [5, 5.41) is 10.3. The molecule has 15 heavy (non-hydrogen) atoms. The summed E-state index contributed by atoms with van der Waals surface area (Å²) in [4.78, 5) is 4.43. The Bertz CT molecular complexity index is 311. The van der Waals surface area contributed by atoms with Gasteiger partial charge in [-0.1, -0.05) is 6.92 Å². The molecule has 2 rings (SSSR count). The Morgan fingerprint density at radius 2 is 2.53 bits per heavy atom. The minimum absolute atomic E-state index is 0.643. The van der Waals surface area contributed by atoms with E-state index in [-0.39, 0.29) is 0 Å². The second-order valence-corrected chi connectivity index (χ2v) is 5.38. The summed E-state index contributed by atoms with van der Waals surface area (Å²) in [6, 6.07) is 0.643. The number of rotatable bonds is 4. The minimum atomic E-state index is 0.643. The highest BCUT2D eigenvalue weighted by atomic mass is 32.1. The van der Waals surface area contributed by atoms with Gasteiger partial charge >= 0.3 is 0 Å². The zero-order chi connectivity index (χ0) is 10.7. The van der Waals surface area contributed by atoms with E-state index >= 15 is 0 Å². The van der Waals surface area contributed by atoms with Crippen molar-refractivity contribution in [3.63, 3.8) is 0 Å². The molecule has 0 aromatic carbocycles. The van der Waals surface area contributed by atoms with Gasteiger partial charge in [0.15, 0.2) is 0 Å². The molecule has 0 radical (unpaired) electrons. The molecule has 2 atom stereocenters. The second kappa shape index (κ2) is 5.05.